The largest absolute Gasteiger partial charge is 0.478 e. The zero-order valence-corrected chi connectivity index (χ0v) is 8.13. The Kier molecular flexibility index (Phi) is 5.43. The van der Waals surface area contributed by atoms with Gasteiger partial charge in [0.1, 0.15) is 0 Å². The molecular weight excluding hydrogens is 152 g/mol. The average Bonchev–Trinajstić information content (AvgIpc) is 2.00. The maximum Gasteiger partial charge on any atom is 0.330 e. The van der Waals surface area contributed by atoms with Crippen molar-refractivity contribution in [2.24, 2.45) is 5.92 Å². The molecular formula is C10H18O2. The van der Waals surface area contributed by atoms with Gasteiger partial charge in [-0.25, -0.2) is 4.79 Å². The van der Waals surface area contributed by atoms with Crippen molar-refractivity contribution in [3.63, 3.8) is 0 Å². The SMILES string of the molecule is CCCCC(C)C=C(C)C(=O)O. The van der Waals surface area contributed by atoms with E-state index in [1.165, 1.54) is 12.8 Å². The smallest absolute Gasteiger partial charge is 0.330 e. The molecule has 2 nitrogen and oxygen atoms in total. The van der Waals surface area contributed by atoms with Crippen molar-refractivity contribution >= 4 is 5.97 Å². The van der Waals surface area contributed by atoms with E-state index in [9.17, 15) is 4.79 Å². The first-order chi connectivity index (χ1) is 5.57. The van der Waals surface area contributed by atoms with Gasteiger partial charge < -0.3 is 5.11 Å². The highest BCUT2D eigenvalue weighted by Gasteiger charge is 2.02. The summed E-state index contributed by atoms with van der Waals surface area (Å²) in [5.41, 5.74) is 0.457. The molecule has 12 heavy (non-hydrogen) atoms. The normalized spacial score (nSPS) is 14.4. The van der Waals surface area contributed by atoms with Crippen molar-refractivity contribution in [2.75, 3.05) is 0 Å². The fourth-order valence-electron chi connectivity index (χ4n) is 1.11. The van der Waals surface area contributed by atoms with Crippen molar-refractivity contribution in [1.82, 2.24) is 0 Å². The summed E-state index contributed by atoms with van der Waals surface area (Å²) in [7, 11) is 0. The second-order valence-corrected chi connectivity index (χ2v) is 3.27. The van der Waals surface area contributed by atoms with Crippen molar-refractivity contribution < 1.29 is 9.90 Å². The molecule has 0 aliphatic carbocycles. The van der Waals surface area contributed by atoms with Gasteiger partial charge in [-0.15, -0.1) is 0 Å². The van der Waals surface area contributed by atoms with Gasteiger partial charge in [-0.05, 0) is 19.3 Å². The standard InChI is InChI=1S/C10H18O2/c1-4-5-6-8(2)7-9(3)10(11)12/h7-8H,4-6H2,1-3H3,(H,11,12). The highest BCUT2D eigenvalue weighted by atomic mass is 16.4. The van der Waals surface area contributed by atoms with E-state index >= 15 is 0 Å². The van der Waals surface area contributed by atoms with Crippen LogP contribution in [0.25, 0.3) is 0 Å². The molecule has 0 heterocycles. The maximum atomic E-state index is 10.4. The summed E-state index contributed by atoms with van der Waals surface area (Å²) in [6, 6.07) is 0. The Bertz CT molecular complexity index is 171. The third-order valence-corrected chi connectivity index (χ3v) is 1.88. The first-order valence-corrected chi connectivity index (χ1v) is 4.49. The molecule has 0 spiro atoms. The number of aliphatic carboxylic acids is 1. The van der Waals surface area contributed by atoms with Gasteiger partial charge in [-0.1, -0.05) is 32.8 Å². The zero-order valence-electron chi connectivity index (χ0n) is 8.13. The summed E-state index contributed by atoms with van der Waals surface area (Å²) in [4.78, 5) is 10.4. The molecule has 0 radical (unpaired) electrons. The molecule has 0 rings (SSSR count). The molecule has 0 aliphatic heterocycles. The molecule has 0 aliphatic rings. The van der Waals surface area contributed by atoms with E-state index in [-0.39, 0.29) is 0 Å². The summed E-state index contributed by atoms with van der Waals surface area (Å²) < 4.78 is 0. The lowest BCUT2D eigenvalue weighted by Crippen LogP contribution is -1.99. The molecule has 0 aromatic rings. The number of hydrogen-bond donors (Lipinski definition) is 1. The van der Waals surface area contributed by atoms with E-state index in [0.717, 1.165) is 6.42 Å². The minimum atomic E-state index is -0.807. The van der Waals surface area contributed by atoms with E-state index < -0.39 is 5.97 Å². The zero-order chi connectivity index (χ0) is 9.56. The lowest BCUT2D eigenvalue weighted by Gasteiger charge is -2.04. The molecule has 0 fully saturated rings. The summed E-state index contributed by atoms with van der Waals surface area (Å²) >= 11 is 0. The third kappa shape index (κ3) is 4.94. The number of allylic oxidation sites excluding steroid dienone is 1. The number of carbonyl (C=O) groups is 1. The van der Waals surface area contributed by atoms with E-state index in [1.54, 1.807) is 6.92 Å². The Hall–Kier alpha value is -0.790. The van der Waals surface area contributed by atoms with Crippen LogP contribution in [-0.2, 0) is 4.79 Å². The van der Waals surface area contributed by atoms with E-state index in [2.05, 4.69) is 13.8 Å². The summed E-state index contributed by atoms with van der Waals surface area (Å²) in [6.45, 7) is 5.84. The van der Waals surface area contributed by atoms with Crippen LogP contribution in [0.1, 0.15) is 40.0 Å². The van der Waals surface area contributed by atoms with E-state index in [0.29, 0.717) is 11.5 Å². The minimum absolute atomic E-state index is 0.390. The molecule has 0 saturated carbocycles. The van der Waals surface area contributed by atoms with Crippen LogP contribution in [0.5, 0.6) is 0 Å². The lowest BCUT2D eigenvalue weighted by molar-refractivity contribution is -0.132. The van der Waals surface area contributed by atoms with Crippen LogP contribution < -0.4 is 0 Å². The Morgan fingerprint density at radius 1 is 1.58 bits per heavy atom. The Balaban J connectivity index is 3.87. The summed E-state index contributed by atoms with van der Waals surface area (Å²) in [5, 5.41) is 8.59. The van der Waals surface area contributed by atoms with Crippen LogP contribution in [0.15, 0.2) is 11.6 Å². The first-order valence-electron chi connectivity index (χ1n) is 4.49. The van der Waals surface area contributed by atoms with Crippen LogP contribution in [0.3, 0.4) is 0 Å². The molecule has 0 aromatic carbocycles. The number of unbranched alkanes of at least 4 members (excludes halogenated alkanes) is 1. The van der Waals surface area contributed by atoms with Crippen LogP contribution >= 0.6 is 0 Å². The maximum absolute atomic E-state index is 10.4. The Labute approximate surface area is 74.3 Å². The topological polar surface area (TPSA) is 37.3 Å². The molecule has 1 atom stereocenters. The second-order valence-electron chi connectivity index (χ2n) is 3.27. The van der Waals surface area contributed by atoms with Crippen molar-refractivity contribution in [3.05, 3.63) is 11.6 Å². The van der Waals surface area contributed by atoms with Crippen LogP contribution in [-0.4, -0.2) is 11.1 Å². The van der Waals surface area contributed by atoms with Gasteiger partial charge in [0.05, 0.1) is 0 Å². The van der Waals surface area contributed by atoms with Gasteiger partial charge in [-0.3, -0.25) is 0 Å². The first kappa shape index (κ1) is 11.2. The number of hydrogen-bond acceptors (Lipinski definition) is 1. The molecule has 0 bridgehead atoms. The highest BCUT2D eigenvalue weighted by Crippen LogP contribution is 2.11. The number of carboxylic acid groups (broad SMARTS) is 1. The second kappa shape index (κ2) is 5.81. The van der Waals surface area contributed by atoms with Crippen molar-refractivity contribution in [3.8, 4) is 0 Å². The molecule has 1 N–H and O–H groups in total. The van der Waals surface area contributed by atoms with Crippen molar-refractivity contribution in [1.29, 1.82) is 0 Å². The van der Waals surface area contributed by atoms with Crippen LogP contribution in [0, 0.1) is 5.92 Å². The minimum Gasteiger partial charge on any atom is -0.478 e. The van der Waals surface area contributed by atoms with Gasteiger partial charge >= 0.3 is 5.97 Å². The summed E-state index contributed by atoms with van der Waals surface area (Å²) in [6.07, 6.45) is 5.26. The van der Waals surface area contributed by atoms with Crippen molar-refractivity contribution in [2.45, 2.75) is 40.0 Å². The van der Waals surface area contributed by atoms with Gasteiger partial charge in [0.25, 0.3) is 0 Å². The molecule has 0 amide bonds. The average molecular weight is 170 g/mol. The van der Waals surface area contributed by atoms with Gasteiger partial charge in [0, 0.05) is 5.57 Å². The predicted octanol–water partition coefficient (Wildman–Crippen LogP) is 2.84. The predicted molar refractivity (Wildman–Crippen MR) is 50.1 cm³/mol. The van der Waals surface area contributed by atoms with E-state index in [4.69, 9.17) is 5.11 Å². The fourth-order valence-corrected chi connectivity index (χ4v) is 1.11. The van der Waals surface area contributed by atoms with Crippen LogP contribution in [0.4, 0.5) is 0 Å². The lowest BCUT2D eigenvalue weighted by atomic mass is 10.0. The van der Waals surface area contributed by atoms with Gasteiger partial charge in [-0.2, -0.15) is 0 Å². The fraction of sp³-hybridized carbons (Fsp3) is 0.700. The van der Waals surface area contributed by atoms with Crippen LogP contribution in [0.2, 0.25) is 0 Å². The molecule has 70 valence electrons. The quantitative estimate of drug-likeness (QED) is 0.644. The molecule has 0 saturated heterocycles. The Morgan fingerprint density at radius 2 is 2.17 bits per heavy atom. The number of rotatable bonds is 5. The third-order valence-electron chi connectivity index (χ3n) is 1.88. The molecule has 0 aromatic heterocycles. The Morgan fingerprint density at radius 3 is 2.58 bits per heavy atom. The molecule has 1 unspecified atom stereocenters. The molecule has 2 heteroatoms. The number of carboxylic acids is 1. The highest BCUT2D eigenvalue weighted by molar-refractivity contribution is 5.85. The summed E-state index contributed by atoms with van der Waals surface area (Å²) in [5.74, 6) is -0.417. The monoisotopic (exact) mass is 170 g/mol. The van der Waals surface area contributed by atoms with Gasteiger partial charge in [0.2, 0.25) is 0 Å². The van der Waals surface area contributed by atoms with Gasteiger partial charge in [0.15, 0.2) is 0 Å². The van der Waals surface area contributed by atoms with E-state index in [1.807, 2.05) is 6.08 Å².